The summed E-state index contributed by atoms with van der Waals surface area (Å²) in [5.41, 5.74) is 6.92. The first-order valence-corrected chi connectivity index (χ1v) is 6.68. The van der Waals surface area contributed by atoms with Crippen molar-refractivity contribution < 1.29 is 4.74 Å². The van der Waals surface area contributed by atoms with Crippen LogP contribution < -0.4 is 10.5 Å². The van der Waals surface area contributed by atoms with Gasteiger partial charge in [0.2, 0.25) is 0 Å². The molecule has 1 rings (SSSR count). The van der Waals surface area contributed by atoms with E-state index < -0.39 is 0 Å². The van der Waals surface area contributed by atoms with E-state index in [1.807, 2.05) is 25.1 Å². The molecule has 1 aromatic rings. The Balaban J connectivity index is 2.66. The highest BCUT2D eigenvalue weighted by Crippen LogP contribution is 2.29. The van der Waals surface area contributed by atoms with Gasteiger partial charge in [0.25, 0.3) is 0 Å². The molecule has 0 radical (unpaired) electrons. The van der Waals surface area contributed by atoms with Crippen LogP contribution in [0.15, 0.2) is 18.2 Å². The molecule has 0 heterocycles. The second kappa shape index (κ2) is 7.57. The fraction of sp³-hybridized carbons (Fsp3) is 0.571. The van der Waals surface area contributed by atoms with E-state index in [0.29, 0.717) is 5.02 Å². The summed E-state index contributed by atoms with van der Waals surface area (Å²) >= 11 is 6.16. The molecule has 0 aliphatic carbocycles. The summed E-state index contributed by atoms with van der Waals surface area (Å²) < 4.78 is 5.78. The molecule has 0 aliphatic rings. The average Bonchev–Trinajstić information content (AvgIpc) is 2.26. The second-order valence-corrected chi connectivity index (χ2v) is 4.87. The molecule has 0 aromatic heterocycles. The second-order valence-electron chi connectivity index (χ2n) is 4.47. The zero-order valence-electron chi connectivity index (χ0n) is 10.7. The van der Waals surface area contributed by atoms with Gasteiger partial charge in [0.05, 0.1) is 11.6 Å². The van der Waals surface area contributed by atoms with Gasteiger partial charge in [0.15, 0.2) is 0 Å². The predicted molar refractivity (Wildman–Crippen MR) is 73.8 cm³/mol. The molecule has 0 bridgehead atoms. The standard InChI is InChI=1S/C14H22ClNO/c1-3-4-5-9-17-14-12(10-11(2)16)7-6-8-13(14)15/h6-8,11H,3-5,9-10,16H2,1-2H3. The van der Waals surface area contributed by atoms with Crippen LogP contribution in [0, 0.1) is 0 Å². The van der Waals surface area contributed by atoms with Crippen LogP contribution in [-0.4, -0.2) is 12.6 Å². The minimum absolute atomic E-state index is 0.117. The number of nitrogens with two attached hydrogens (primary N) is 1. The van der Waals surface area contributed by atoms with Gasteiger partial charge in [-0.25, -0.2) is 0 Å². The quantitative estimate of drug-likeness (QED) is 0.753. The van der Waals surface area contributed by atoms with E-state index in [2.05, 4.69) is 6.92 Å². The van der Waals surface area contributed by atoms with Crippen molar-refractivity contribution in [1.29, 1.82) is 0 Å². The van der Waals surface area contributed by atoms with E-state index in [1.165, 1.54) is 12.8 Å². The van der Waals surface area contributed by atoms with Gasteiger partial charge < -0.3 is 10.5 Å². The summed E-state index contributed by atoms with van der Waals surface area (Å²) in [7, 11) is 0. The molecule has 0 saturated carbocycles. The minimum Gasteiger partial charge on any atom is -0.492 e. The van der Waals surface area contributed by atoms with Crippen molar-refractivity contribution in [3.05, 3.63) is 28.8 Å². The molecular formula is C14H22ClNO. The number of hydrogen-bond donors (Lipinski definition) is 1. The van der Waals surface area contributed by atoms with E-state index >= 15 is 0 Å². The predicted octanol–water partition coefficient (Wildman–Crippen LogP) is 3.80. The lowest BCUT2D eigenvalue weighted by Gasteiger charge is -2.14. The Morgan fingerprint density at radius 3 is 2.76 bits per heavy atom. The zero-order valence-corrected chi connectivity index (χ0v) is 11.5. The van der Waals surface area contributed by atoms with E-state index in [9.17, 15) is 0 Å². The molecule has 0 aliphatic heterocycles. The van der Waals surface area contributed by atoms with Crippen molar-refractivity contribution in [1.82, 2.24) is 0 Å². The van der Waals surface area contributed by atoms with Gasteiger partial charge >= 0.3 is 0 Å². The third kappa shape index (κ3) is 4.97. The maximum Gasteiger partial charge on any atom is 0.141 e. The Morgan fingerprint density at radius 2 is 2.12 bits per heavy atom. The summed E-state index contributed by atoms with van der Waals surface area (Å²) in [6, 6.07) is 5.96. The van der Waals surface area contributed by atoms with E-state index in [1.54, 1.807) is 0 Å². The number of halogens is 1. The molecule has 2 N–H and O–H groups in total. The summed E-state index contributed by atoms with van der Waals surface area (Å²) in [5.74, 6) is 0.808. The van der Waals surface area contributed by atoms with Crippen LogP contribution >= 0.6 is 11.6 Å². The number of hydrogen-bond acceptors (Lipinski definition) is 2. The van der Waals surface area contributed by atoms with E-state index in [4.69, 9.17) is 22.1 Å². The smallest absolute Gasteiger partial charge is 0.141 e. The normalized spacial score (nSPS) is 12.5. The Kier molecular flexibility index (Phi) is 6.38. The minimum atomic E-state index is 0.117. The Hall–Kier alpha value is -0.730. The maximum absolute atomic E-state index is 6.16. The van der Waals surface area contributed by atoms with Crippen LogP contribution in [0.4, 0.5) is 0 Å². The highest BCUT2D eigenvalue weighted by atomic mass is 35.5. The molecule has 0 amide bonds. The number of para-hydroxylation sites is 1. The van der Waals surface area contributed by atoms with Gasteiger partial charge in [0, 0.05) is 6.04 Å². The first-order valence-electron chi connectivity index (χ1n) is 6.31. The fourth-order valence-corrected chi connectivity index (χ4v) is 2.00. The molecule has 1 atom stereocenters. The van der Waals surface area contributed by atoms with Gasteiger partial charge in [-0.3, -0.25) is 0 Å². The number of rotatable bonds is 7. The number of ether oxygens (including phenoxy) is 1. The van der Waals surface area contributed by atoms with Gasteiger partial charge in [-0.1, -0.05) is 43.5 Å². The van der Waals surface area contributed by atoms with Gasteiger partial charge in [-0.05, 0) is 31.4 Å². The molecular weight excluding hydrogens is 234 g/mol. The molecule has 1 unspecified atom stereocenters. The van der Waals surface area contributed by atoms with Crippen molar-refractivity contribution in [3.8, 4) is 5.75 Å². The van der Waals surface area contributed by atoms with Crippen LogP contribution in [0.1, 0.15) is 38.7 Å². The van der Waals surface area contributed by atoms with Crippen LogP contribution in [0.2, 0.25) is 5.02 Å². The zero-order chi connectivity index (χ0) is 12.7. The molecule has 0 fully saturated rings. The topological polar surface area (TPSA) is 35.2 Å². The van der Waals surface area contributed by atoms with Gasteiger partial charge in [0.1, 0.15) is 5.75 Å². The van der Waals surface area contributed by atoms with Crippen molar-refractivity contribution >= 4 is 11.6 Å². The average molecular weight is 256 g/mol. The van der Waals surface area contributed by atoms with Crippen LogP contribution in [0.5, 0.6) is 5.75 Å². The van der Waals surface area contributed by atoms with Crippen LogP contribution in [-0.2, 0) is 6.42 Å². The fourth-order valence-electron chi connectivity index (χ4n) is 1.75. The third-order valence-corrected chi connectivity index (χ3v) is 2.88. The van der Waals surface area contributed by atoms with Gasteiger partial charge in [-0.2, -0.15) is 0 Å². The highest BCUT2D eigenvalue weighted by molar-refractivity contribution is 6.32. The molecule has 0 spiro atoms. The maximum atomic E-state index is 6.16. The molecule has 3 heteroatoms. The largest absolute Gasteiger partial charge is 0.492 e. The SMILES string of the molecule is CCCCCOc1c(Cl)cccc1CC(C)N. The summed E-state index contributed by atoms with van der Waals surface area (Å²) in [6.07, 6.45) is 4.24. The van der Waals surface area contributed by atoms with Crippen molar-refractivity contribution in [2.45, 2.75) is 45.6 Å². The lowest BCUT2D eigenvalue weighted by atomic mass is 10.1. The summed E-state index contributed by atoms with van der Waals surface area (Å²) in [6.45, 7) is 4.89. The lowest BCUT2D eigenvalue weighted by Crippen LogP contribution is -2.18. The molecule has 0 saturated heterocycles. The van der Waals surface area contributed by atoms with Crippen LogP contribution in [0.3, 0.4) is 0 Å². The summed E-state index contributed by atoms with van der Waals surface area (Å²) in [4.78, 5) is 0. The Labute approximate surface area is 109 Å². The van der Waals surface area contributed by atoms with Crippen molar-refractivity contribution in [2.24, 2.45) is 5.73 Å². The molecule has 1 aromatic carbocycles. The highest BCUT2D eigenvalue weighted by Gasteiger charge is 2.09. The van der Waals surface area contributed by atoms with Crippen molar-refractivity contribution in [3.63, 3.8) is 0 Å². The Morgan fingerprint density at radius 1 is 1.35 bits per heavy atom. The Bertz CT molecular complexity index is 339. The van der Waals surface area contributed by atoms with Gasteiger partial charge in [-0.15, -0.1) is 0 Å². The molecule has 2 nitrogen and oxygen atoms in total. The van der Waals surface area contributed by atoms with Crippen molar-refractivity contribution in [2.75, 3.05) is 6.61 Å². The molecule has 17 heavy (non-hydrogen) atoms. The lowest BCUT2D eigenvalue weighted by molar-refractivity contribution is 0.303. The number of benzene rings is 1. The first kappa shape index (κ1) is 14.3. The molecule has 96 valence electrons. The first-order chi connectivity index (χ1) is 8.15. The van der Waals surface area contributed by atoms with E-state index in [0.717, 1.165) is 30.8 Å². The number of unbranched alkanes of at least 4 members (excludes halogenated alkanes) is 2. The third-order valence-electron chi connectivity index (χ3n) is 2.58. The van der Waals surface area contributed by atoms with Crippen LogP contribution in [0.25, 0.3) is 0 Å². The monoisotopic (exact) mass is 255 g/mol. The summed E-state index contributed by atoms with van der Waals surface area (Å²) in [5, 5.41) is 0.680. The van der Waals surface area contributed by atoms with E-state index in [-0.39, 0.29) is 6.04 Å².